The highest BCUT2D eigenvalue weighted by atomic mass is 35.5. The van der Waals surface area contributed by atoms with E-state index < -0.39 is 6.10 Å². The van der Waals surface area contributed by atoms with Crippen LogP contribution < -0.4 is 14.8 Å². The van der Waals surface area contributed by atoms with E-state index in [1.54, 1.807) is 7.11 Å². The Hall–Kier alpha value is -0.800. The molecule has 1 aromatic carbocycles. The molecule has 198 valence electrons. The number of aliphatic hydroxyl groups excluding tert-OH is 2. The minimum absolute atomic E-state index is 0. The third kappa shape index (κ3) is 9.69. The molecule has 0 spiro atoms. The number of halogens is 2. The van der Waals surface area contributed by atoms with Gasteiger partial charge in [0.2, 0.25) is 0 Å². The molecular weight excluding hydrogens is 479 g/mol. The van der Waals surface area contributed by atoms with Crippen molar-refractivity contribution in [3.8, 4) is 11.5 Å². The quantitative estimate of drug-likeness (QED) is 0.388. The molecule has 2 fully saturated rings. The summed E-state index contributed by atoms with van der Waals surface area (Å²) in [6.07, 6.45) is 5.91. The minimum atomic E-state index is -0.574. The molecular formula is C25H44Cl2N2O5. The van der Waals surface area contributed by atoms with Crippen molar-refractivity contribution < 1.29 is 24.4 Å². The maximum Gasteiger partial charge on any atom is 0.161 e. The van der Waals surface area contributed by atoms with Crippen LogP contribution >= 0.6 is 24.8 Å². The van der Waals surface area contributed by atoms with Gasteiger partial charge >= 0.3 is 0 Å². The van der Waals surface area contributed by atoms with Gasteiger partial charge in [-0.3, -0.25) is 4.90 Å². The fourth-order valence-corrected chi connectivity index (χ4v) is 4.69. The van der Waals surface area contributed by atoms with Crippen molar-refractivity contribution >= 4 is 24.8 Å². The molecule has 0 amide bonds. The molecule has 2 aliphatic rings. The van der Waals surface area contributed by atoms with E-state index in [0.29, 0.717) is 36.7 Å². The first kappa shape index (κ1) is 31.2. The summed E-state index contributed by atoms with van der Waals surface area (Å²) in [5, 5.41) is 23.2. The molecule has 0 aromatic heterocycles. The Morgan fingerprint density at radius 1 is 1.12 bits per heavy atom. The van der Waals surface area contributed by atoms with Crippen molar-refractivity contribution in [3.05, 3.63) is 23.8 Å². The lowest BCUT2D eigenvalue weighted by molar-refractivity contribution is -0.0316. The third-order valence-corrected chi connectivity index (χ3v) is 6.48. The van der Waals surface area contributed by atoms with Gasteiger partial charge in [0.05, 0.1) is 25.9 Å². The summed E-state index contributed by atoms with van der Waals surface area (Å²) < 4.78 is 17.6. The smallest absolute Gasteiger partial charge is 0.161 e. The summed E-state index contributed by atoms with van der Waals surface area (Å²) in [4.78, 5) is 2.43. The van der Waals surface area contributed by atoms with Crippen molar-refractivity contribution in [3.63, 3.8) is 0 Å². The fourth-order valence-electron chi connectivity index (χ4n) is 4.69. The van der Waals surface area contributed by atoms with E-state index in [2.05, 4.69) is 10.2 Å². The Morgan fingerprint density at radius 3 is 2.56 bits per heavy atom. The van der Waals surface area contributed by atoms with Crippen LogP contribution in [0.25, 0.3) is 0 Å². The molecule has 3 N–H and O–H groups in total. The predicted molar refractivity (Wildman–Crippen MR) is 140 cm³/mol. The number of aliphatic hydroxyl groups is 2. The largest absolute Gasteiger partial charge is 0.493 e. The van der Waals surface area contributed by atoms with Crippen molar-refractivity contribution in [2.24, 2.45) is 0 Å². The Bertz CT molecular complexity index is 697. The van der Waals surface area contributed by atoms with Gasteiger partial charge in [-0.2, -0.15) is 0 Å². The first-order valence-electron chi connectivity index (χ1n) is 12.2. The predicted octanol–water partition coefficient (Wildman–Crippen LogP) is 3.21. The average Bonchev–Trinajstić information content (AvgIpc) is 3.23. The van der Waals surface area contributed by atoms with Crippen LogP contribution in [0.5, 0.6) is 11.5 Å². The van der Waals surface area contributed by atoms with E-state index >= 15 is 0 Å². The number of nitrogens with one attached hydrogen (secondary N) is 1. The Labute approximate surface area is 217 Å². The summed E-state index contributed by atoms with van der Waals surface area (Å²) in [5.74, 6) is 1.31. The van der Waals surface area contributed by atoms with Gasteiger partial charge in [-0.25, -0.2) is 0 Å². The molecule has 1 aliphatic carbocycles. The van der Waals surface area contributed by atoms with E-state index in [1.165, 1.54) is 12.8 Å². The fraction of sp³-hybridized carbons (Fsp3) is 0.760. The van der Waals surface area contributed by atoms with Crippen LogP contribution in [0.2, 0.25) is 0 Å². The molecule has 3 rings (SSSR count). The number of hydrogen-bond acceptors (Lipinski definition) is 7. The van der Waals surface area contributed by atoms with Crippen LogP contribution in [0.3, 0.4) is 0 Å². The zero-order valence-electron chi connectivity index (χ0n) is 20.8. The molecule has 1 heterocycles. The molecule has 9 heteroatoms. The van der Waals surface area contributed by atoms with Crippen LogP contribution in [0.1, 0.15) is 51.5 Å². The first-order chi connectivity index (χ1) is 15.5. The molecule has 1 saturated heterocycles. The number of hydrogen-bond donors (Lipinski definition) is 3. The molecule has 4 atom stereocenters. The van der Waals surface area contributed by atoms with Crippen molar-refractivity contribution in [1.29, 1.82) is 0 Å². The monoisotopic (exact) mass is 522 g/mol. The zero-order chi connectivity index (χ0) is 22.9. The Balaban J connectivity index is 0.00000289. The molecule has 1 aromatic rings. The van der Waals surface area contributed by atoms with E-state index in [0.717, 1.165) is 44.3 Å². The maximum absolute atomic E-state index is 10.1. The number of likely N-dealkylation sites (tertiary alicyclic amines) is 1. The second kappa shape index (κ2) is 16.0. The van der Waals surface area contributed by atoms with Gasteiger partial charge in [0, 0.05) is 31.7 Å². The zero-order valence-corrected chi connectivity index (χ0v) is 22.4. The number of rotatable bonds is 12. The van der Waals surface area contributed by atoms with Crippen LogP contribution in [0.4, 0.5) is 0 Å². The van der Waals surface area contributed by atoms with Crippen LogP contribution in [-0.2, 0) is 11.2 Å². The summed E-state index contributed by atoms with van der Waals surface area (Å²) in [7, 11) is 1.64. The average molecular weight is 524 g/mol. The van der Waals surface area contributed by atoms with Crippen molar-refractivity contribution in [2.75, 3.05) is 40.0 Å². The molecule has 1 unspecified atom stereocenters. The molecule has 0 radical (unpaired) electrons. The molecule has 1 saturated carbocycles. The van der Waals surface area contributed by atoms with Gasteiger partial charge in [0.25, 0.3) is 0 Å². The number of ether oxygens (including phenoxy) is 3. The molecule has 1 aliphatic heterocycles. The lowest BCUT2D eigenvalue weighted by atomic mass is 9.91. The van der Waals surface area contributed by atoms with Crippen LogP contribution in [0, 0.1) is 0 Å². The lowest BCUT2D eigenvalue weighted by Crippen LogP contribution is -2.46. The maximum atomic E-state index is 10.1. The topological polar surface area (TPSA) is 83.4 Å². The van der Waals surface area contributed by atoms with E-state index in [-0.39, 0.29) is 43.6 Å². The number of methoxy groups -OCH3 is 1. The minimum Gasteiger partial charge on any atom is -0.493 e. The SMILES string of the molecule is COc1cc(CCO[C@@H]2CCCC[C@H]2N2CCC(O)C2)ccc1OC[C@@H](O)CNC(C)C.Cl.Cl. The van der Waals surface area contributed by atoms with Gasteiger partial charge in [-0.1, -0.05) is 32.8 Å². The molecule has 34 heavy (non-hydrogen) atoms. The van der Waals surface area contributed by atoms with E-state index in [9.17, 15) is 10.2 Å². The molecule has 0 bridgehead atoms. The van der Waals surface area contributed by atoms with Gasteiger partial charge in [-0.05, 0) is 43.4 Å². The highest BCUT2D eigenvalue weighted by molar-refractivity contribution is 5.85. The Morgan fingerprint density at radius 2 is 1.88 bits per heavy atom. The van der Waals surface area contributed by atoms with E-state index in [4.69, 9.17) is 14.2 Å². The summed E-state index contributed by atoms with van der Waals surface area (Å²) >= 11 is 0. The van der Waals surface area contributed by atoms with Crippen molar-refractivity contribution in [1.82, 2.24) is 10.2 Å². The van der Waals surface area contributed by atoms with E-state index in [1.807, 2.05) is 32.0 Å². The first-order valence-corrected chi connectivity index (χ1v) is 12.2. The highest BCUT2D eigenvalue weighted by Gasteiger charge is 2.34. The normalized spacial score (nSPS) is 23.8. The van der Waals surface area contributed by atoms with Crippen LogP contribution in [0.15, 0.2) is 18.2 Å². The second-order valence-corrected chi connectivity index (χ2v) is 9.46. The summed E-state index contributed by atoms with van der Waals surface area (Å²) in [6, 6.07) is 6.70. The molecule has 7 nitrogen and oxygen atoms in total. The second-order valence-electron chi connectivity index (χ2n) is 9.46. The summed E-state index contributed by atoms with van der Waals surface area (Å²) in [6.45, 7) is 7.23. The van der Waals surface area contributed by atoms with Gasteiger partial charge in [-0.15, -0.1) is 24.8 Å². The number of benzene rings is 1. The Kier molecular flexibility index (Phi) is 14.7. The van der Waals surface area contributed by atoms with Crippen molar-refractivity contribution in [2.45, 2.75) is 82.8 Å². The van der Waals surface area contributed by atoms with Gasteiger partial charge < -0.3 is 29.7 Å². The third-order valence-electron chi connectivity index (χ3n) is 6.48. The summed E-state index contributed by atoms with van der Waals surface area (Å²) in [5.41, 5.74) is 1.14. The van der Waals surface area contributed by atoms with Gasteiger partial charge in [0.15, 0.2) is 11.5 Å². The number of nitrogens with zero attached hydrogens (tertiary/aromatic N) is 1. The highest BCUT2D eigenvalue weighted by Crippen LogP contribution is 2.30. The number of β-amino-alcohol motifs (C(OH)–C–C–N with tert-alkyl or cyclic N) is 1. The standard InChI is InChI=1S/C25H42N2O5.2ClH/c1-18(2)26-15-21(29)17-32-24-9-8-19(14-25(24)30-3)11-13-31-23-7-5-4-6-22(23)27-12-10-20(28)16-27;;/h8-9,14,18,20-23,26,28-29H,4-7,10-13,15-17H2,1-3H3;2*1H/t20?,21-,22+,23+;;/m0../s1. The van der Waals surface area contributed by atoms with Gasteiger partial charge in [0.1, 0.15) is 12.7 Å². The van der Waals surface area contributed by atoms with Crippen LogP contribution in [-0.4, -0.2) is 85.5 Å². The lowest BCUT2D eigenvalue weighted by Gasteiger charge is -2.37.